The molecule has 42 heavy (non-hydrogen) atoms. The van der Waals surface area contributed by atoms with Gasteiger partial charge in [0, 0.05) is 25.7 Å². The summed E-state index contributed by atoms with van der Waals surface area (Å²) < 4.78 is 5.02. The number of nitrogens with zero attached hydrogens (tertiary/aromatic N) is 3. The Labute approximate surface area is 246 Å². The fraction of sp³-hybridized carbons (Fsp3) is 0.571. The van der Waals surface area contributed by atoms with E-state index < -0.39 is 35.1 Å². The number of carbonyl (C=O) groups excluding carboxylic acids is 5. The lowest BCUT2D eigenvalue weighted by atomic mass is 9.79. The van der Waals surface area contributed by atoms with Gasteiger partial charge in [0.05, 0.1) is 5.69 Å². The Hall–Kier alpha value is -3.94. The average molecular weight is 598 g/mol. The Bertz CT molecular complexity index is 1450. The van der Waals surface area contributed by atoms with Gasteiger partial charge in [0.1, 0.15) is 23.2 Å². The minimum Gasteiger partial charge on any atom is -0.353 e. The van der Waals surface area contributed by atoms with Crippen LogP contribution in [0.2, 0.25) is 0 Å². The number of anilines is 1. The van der Waals surface area contributed by atoms with Crippen LogP contribution in [0.1, 0.15) is 60.8 Å². The maximum Gasteiger partial charge on any atom is 0.287 e. The highest BCUT2D eigenvalue weighted by atomic mass is 32.1. The average Bonchev–Trinajstić information content (AvgIpc) is 3.63. The molecule has 0 aromatic carbocycles. The molecule has 6 rings (SSSR count). The third kappa shape index (κ3) is 6.13. The topological polar surface area (TPSA) is 181 Å². The van der Waals surface area contributed by atoms with Crippen molar-refractivity contribution in [1.29, 1.82) is 0 Å². The van der Waals surface area contributed by atoms with E-state index in [4.69, 9.17) is 0 Å². The first kappa shape index (κ1) is 29.5. The summed E-state index contributed by atoms with van der Waals surface area (Å²) in [6.45, 7) is 1.62. The maximum atomic E-state index is 13.3. The van der Waals surface area contributed by atoms with Gasteiger partial charge in [-0.3, -0.25) is 28.8 Å². The summed E-state index contributed by atoms with van der Waals surface area (Å²) >= 11 is 0.874. The molecule has 4 N–H and O–H groups in total. The Kier molecular flexibility index (Phi) is 8.80. The normalized spacial score (nSPS) is 24.2. The second-order valence-corrected chi connectivity index (χ2v) is 12.2. The van der Waals surface area contributed by atoms with Crippen LogP contribution in [-0.2, 0) is 32.1 Å². The number of hydrogen-bond acceptors (Lipinski definition) is 9. The number of aryl methyl sites for hydroxylation is 1. The van der Waals surface area contributed by atoms with E-state index in [0.29, 0.717) is 29.9 Å². The molecule has 4 aliphatic carbocycles. The molecule has 2 heterocycles. The number of hydrogen-bond donors (Lipinski definition) is 4. The van der Waals surface area contributed by atoms with Crippen molar-refractivity contribution in [2.24, 2.45) is 23.7 Å². The van der Waals surface area contributed by atoms with Gasteiger partial charge in [0.2, 0.25) is 17.6 Å². The maximum absolute atomic E-state index is 13.3. The van der Waals surface area contributed by atoms with E-state index >= 15 is 0 Å². The fourth-order valence-corrected chi connectivity index (χ4v) is 7.61. The number of likely N-dealkylation sites (N-methyl/N-ethyl adjacent to an activating group) is 1. The van der Waals surface area contributed by atoms with Crippen molar-refractivity contribution in [1.82, 2.24) is 30.1 Å². The number of ketones is 1. The predicted molar refractivity (Wildman–Crippen MR) is 153 cm³/mol. The van der Waals surface area contributed by atoms with Gasteiger partial charge in [0.25, 0.3) is 17.4 Å². The number of rotatable bonds is 12. The molecule has 5 unspecified atom stereocenters. The van der Waals surface area contributed by atoms with Crippen molar-refractivity contribution < 1.29 is 24.0 Å². The molecular formula is C28H35N7O6S. The van der Waals surface area contributed by atoms with Crippen molar-refractivity contribution in [3.8, 4) is 0 Å². The summed E-state index contributed by atoms with van der Waals surface area (Å²) in [7, 11) is 1.32. The van der Waals surface area contributed by atoms with Crippen LogP contribution in [0.4, 0.5) is 5.69 Å². The molecular weight excluding hydrogens is 562 g/mol. The molecule has 0 spiro atoms. The number of Topliss-reactive ketones (excluding diaryl/α,β-unsaturated/α-hetero) is 1. The summed E-state index contributed by atoms with van der Waals surface area (Å²) in [5.41, 5.74) is -0.207. The van der Waals surface area contributed by atoms with Crippen LogP contribution in [0, 0.1) is 23.7 Å². The van der Waals surface area contributed by atoms with Gasteiger partial charge in [-0.05, 0) is 85.9 Å². The van der Waals surface area contributed by atoms with Crippen molar-refractivity contribution in [2.75, 3.05) is 12.4 Å². The van der Waals surface area contributed by atoms with Crippen LogP contribution in [0.3, 0.4) is 0 Å². The third-order valence-electron chi connectivity index (χ3n) is 8.84. The van der Waals surface area contributed by atoms with E-state index in [2.05, 4.69) is 30.9 Å². The van der Waals surface area contributed by atoms with Crippen molar-refractivity contribution in [3.63, 3.8) is 0 Å². The summed E-state index contributed by atoms with van der Waals surface area (Å²) in [5.74, 6) is -0.653. The van der Waals surface area contributed by atoms with E-state index in [-0.39, 0.29) is 41.9 Å². The highest BCUT2D eigenvalue weighted by molar-refractivity contribution is 7.08. The zero-order chi connectivity index (χ0) is 30.0. The minimum absolute atomic E-state index is 0.0839. The molecule has 0 saturated heterocycles. The number of carbonyl (C=O) groups is 5. The molecule has 2 aromatic heterocycles. The molecule has 0 aliphatic heterocycles. The Morgan fingerprint density at radius 1 is 1.12 bits per heavy atom. The van der Waals surface area contributed by atoms with Gasteiger partial charge in [-0.25, -0.2) is 0 Å². The first-order valence-corrected chi connectivity index (χ1v) is 15.1. The van der Waals surface area contributed by atoms with Crippen LogP contribution in [0.15, 0.2) is 23.1 Å². The van der Waals surface area contributed by atoms with Crippen molar-refractivity contribution >= 4 is 46.6 Å². The lowest BCUT2D eigenvalue weighted by molar-refractivity contribution is -0.137. The lowest BCUT2D eigenvalue weighted by Crippen LogP contribution is -2.46. The van der Waals surface area contributed by atoms with Crippen LogP contribution < -0.4 is 26.8 Å². The largest absolute Gasteiger partial charge is 0.353 e. The standard InChI is InChI=1S/C28H35N7O6S/c1-3-18-24(42-34-33-18)27(40)30-19(6-7-21(36)26(39)29-2)25(38)31-20-5-4-8-35(28(20)41)13-22(37)32-23-16-10-14-9-15(12-16)17(23)11-14/h4-5,8,14-17,19,23H,3,6-7,9-13H2,1-2H3,(H,29,39)(H,30,40)(H,31,38)(H,32,37)/t14?,15?,16?,17?,19-,23?/m0/s1. The van der Waals surface area contributed by atoms with E-state index in [0.717, 1.165) is 23.9 Å². The number of pyridine rings is 1. The lowest BCUT2D eigenvalue weighted by Gasteiger charge is -2.32. The molecule has 13 nitrogen and oxygen atoms in total. The van der Waals surface area contributed by atoms with E-state index in [1.54, 1.807) is 6.07 Å². The number of aromatic nitrogens is 3. The number of amides is 4. The van der Waals surface area contributed by atoms with E-state index in [1.165, 1.54) is 43.1 Å². The summed E-state index contributed by atoms with van der Waals surface area (Å²) in [6.07, 6.45) is 6.18. The number of nitrogens with one attached hydrogen (secondary N) is 4. The first-order chi connectivity index (χ1) is 20.2. The van der Waals surface area contributed by atoms with Crippen LogP contribution in [-0.4, -0.2) is 62.7 Å². The Morgan fingerprint density at radius 3 is 2.64 bits per heavy atom. The van der Waals surface area contributed by atoms with Gasteiger partial charge in [0.15, 0.2) is 0 Å². The van der Waals surface area contributed by atoms with Crippen molar-refractivity contribution in [3.05, 3.63) is 39.3 Å². The van der Waals surface area contributed by atoms with Gasteiger partial charge < -0.3 is 25.8 Å². The molecule has 4 saturated carbocycles. The summed E-state index contributed by atoms with van der Waals surface area (Å²) in [6, 6.07) is 1.86. The quantitative estimate of drug-likeness (QED) is 0.257. The summed E-state index contributed by atoms with van der Waals surface area (Å²) in [5, 5.41) is 14.4. The molecule has 4 fully saturated rings. The van der Waals surface area contributed by atoms with Gasteiger partial charge in [-0.1, -0.05) is 11.4 Å². The zero-order valence-electron chi connectivity index (χ0n) is 23.6. The minimum atomic E-state index is -1.25. The highest BCUT2D eigenvalue weighted by Gasteiger charge is 2.54. The smallest absolute Gasteiger partial charge is 0.287 e. The van der Waals surface area contributed by atoms with Gasteiger partial charge >= 0.3 is 0 Å². The summed E-state index contributed by atoms with van der Waals surface area (Å²) in [4.78, 5) is 76.4. The molecule has 224 valence electrons. The Balaban J connectivity index is 1.25. The van der Waals surface area contributed by atoms with Crippen LogP contribution in [0.25, 0.3) is 0 Å². The molecule has 4 amide bonds. The molecule has 4 bridgehead atoms. The Morgan fingerprint density at radius 2 is 1.90 bits per heavy atom. The SMILES string of the molecule is CCc1nnsc1C(=O)N[C@@H](CCC(=O)C(=O)NC)C(=O)Nc1cccn(CC(=O)NC2C3CC4CC(C3)C2C4)c1=O. The molecule has 4 aliphatic rings. The molecule has 0 radical (unpaired) electrons. The monoisotopic (exact) mass is 597 g/mol. The second kappa shape index (κ2) is 12.5. The highest BCUT2D eigenvalue weighted by Crippen LogP contribution is 2.58. The van der Waals surface area contributed by atoms with Gasteiger partial charge in [-0.2, -0.15) is 0 Å². The van der Waals surface area contributed by atoms with Gasteiger partial charge in [-0.15, -0.1) is 5.10 Å². The molecule has 2 aromatic rings. The van der Waals surface area contributed by atoms with E-state index in [1.807, 2.05) is 6.92 Å². The molecule has 14 heteroatoms. The third-order valence-corrected chi connectivity index (χ3v) is 9.60. The van der Waals surface area contributed by atoms with Crippen LogP contribution in [0.5, 0.6) is 0 Å². The fourth-order valence-electron chi connectivity index (χ4n) is 6.96. The van der Waals surface area contributed by atoms with Crippen LogP contribution >= 0.6 is 11.5 Å². The second-order valence-electron chi connectivity index (χ2n) is 11.4. The van der Waals surface area contributed by atoms with E-state index in [9.17, 15) is 28.8 Å². The first-order valence-electron chi connectivity index (χ1n) is 14.3. The molecule has 6 atom stereocenters. The zero-order valence-corrected chi connectivity index (χ0v) is 24.4. The van der Waals surface area contributed by atoms with Crippen molar-refractivity contribution in [2.45, 2.75) is 70.5 Å². The predicted octanol–water partition coefficient (Wildman–Crippen LogP) is 0.645.